The number of nitrogens with zero attached hydrogens (tertiary/aromatic N) is 2. The minimum absolute atomic E-state index is 0.631. The average molecular weight is 295 g/mol. The Hall–Kier alpha value is -3.38. The number of hydrogen-bond acceptors (Lipinski definition) is 2. The molecule has 4 aromatic rings. The SMILES string of the molecule is N#Cc1cccc(-c2nc3c(-c4ccccc4)cccc3[nH]2)c1. The van der Waals surface area contributed by atoms with Crippen molar-refractivity contribution in [1.29, 1.82) is 5.26 Å². The lowest BCUT2D eigenvalue weighted by Crippen LogP contribution is -1.82. The molecule has 3 heteroatoms. The normalized spacial score (nSPS) is 10.6. The van der Waals surface area contributed by atoms with Gasteiger partial charge in [-0.3, -0.25) is 0 Å². The van der Waals surface area contributed by atoms with Gasteiger partial charge in [0.15, 0.2) is 0 Å². The Labute approximate surface area is 133 Å². The zero-order chi connectivity index (χ0) is 15.6. The molecule has 1 N–H and O–H groups in total. The number of benzene rings is 3. The van der Waals surface area contributed by atoms with Crippen molar-refractivity contribution in [1.82, 2.24) is 9.97 Å². The summed E-state index contributed by atoms with van der Waals surface area (Å²) in [6.07, 6.45) is 0. The van der Waals surface area contributed by atoms with E-state index in [2.05, 4.69) is 29.3 Å². The Kier molecular flexibility index (Phi) is 3.14. The van der Waals surface area contributed by atoms with Crippen LogP contribution in [0.3, 0.4) is 0 Å². The molecule has 0 fully saturated rings. The molecule has 0 spiro atoms. The van der Waals surface area contributed by atoms with E-state index in [0.29, 0.717) is 5.56 Å². The highest BCUT2D eigenvalue weighted by Gasteiger charge is 2.10. The first-order valence-electron chi connectivity index (χ1n) is 7.40. The molecule has 1 heterocycles. The van der Waals surface area contributed by atoms with Crippen molar-refractivity contribution < 1.29 is 0 Å². The van der Waals surface area contributed by atoms with E-state index in [1.54, 1.807) is 6.07 Å². The van der Waals surface area contributed by atoms with Gasteiger partial charge in [0.1, 0.15) is 5.82 Å². The summed E-state index contributed by atoms with van der Waals surface area (Å²) in [4.78, 5) is 8.12. The summed E-state index contributed by atoms with van der Waals surface area (Å²) in [5, 5.41) is 9.06. The lowest BCUT2D eigenvalue weighted by molar-refractivity contribution is 1.33. The molecule has 1 aromatic heterocycles. The number of nitriles is 1. The molecule has 0 aliphatic heterocycles. The van der Waals surface area contributed by atoms with Crippen LogP contribution in [0.15, 0.2) is 72.8 Å². The first-order valence-corrected chi connectivity index (χ1v) is 7.40. The number of H-pyrrole nitrogens is 1. The fraction of sp³-hybridized carbons (Fsp3) is 0. The molecule has 0 amide bonds. The maximum atomic E-state index is 9.06. The second kappa shape index (κ2) is 5.43. The van der Waals surface area contributed by atoms with Crippen molar-refractivity contribution in [3.05, 3.63) is 78.4 Å². The van der Waals surface area contributed by atoms with Crippen LogP contribution in [0.1, 0.15) is 5.56 Å². The molecule has 3 aromatic carbocycles. The van der Waals surface area contributed by atoms with Gasteiger partial charge in [-0.05, 0) is 23.8 Å². The van der Waals surface area contributed by atoms with Crippen molar-refractivity contribution in [2.75, 3.05) is 0 Å². The van der Waals surface area contributed by atoms with Crippen molar-refractivity contribution in [2.24, 2.45) is 0 Å². The topological polar surface area (TPSA) is 52.5 Å². The quantitative estimate of drug-likeness (QED) is 0.579. The van der Waals surface area contributed by atoms with Crippen molar-refractivity contribution >= 4 is 11.0 Å². The van der Waals surface area contributed by atoms with Crippen LogP contribution in [0.4, 0.5) is 0 Å². The minimum Gasteiger partial charge on any atom is -0.338 e. The highest BCUT2D eigenvalue weighted by molar-refractivity contribution is 5.93. The molecule has 4 rings (SSSR count). The third-order valence-electron chi connectivity index (χ3n) is 3.86. The number of para-hydroxylation sites is 1. The Bertz CT molecular complexity index is 1020. The third kappa shape index (κ3) is 2.37. The van der Waals surface area contributed by atoms with Crippen LogP contribution in [-0.2, 0) is 0 Å². The van der Waals surface area contributed by atoms with Crippen LogP contribution in [-0.4, -0.2) is 9.97 Å². The molecule has 0 unspecified atom stereocenters. The van der Waals surface area contributed by atoms with E-state index in [9.17, 15) is 0 Å². The Morgan fingerprint density at radius 3 is 2.43 bits per heavy atom. The van der Waals surface area contributed by atoms with E-state index in [-0.39, 0.29) is 0 Å². The zero-order valence-electron chi connectivity index (χ0n) is 12.3. The van der Waals surface area contributed by atoms with Crippen molar-refractivity contribution in [3.8, 4) is 28.6 Å². The molecule has 0 aliphatic rings. The molecular formula is C20H13N3. The predicted octanol–water partition coefficient (Wildman–Crippen LogP) is 4.77. The van der Waals surface area contributed by atoms with Gasteiger partial charge < -0.3 is 4.98 Å². The first kappa shape index (κ1) is 13.3. The molecule has 0 bridgehead atoms. The van der Waals surface area contributed by atoms with Crippen LogP contribution < -0.4 is 0 Å². The van der Waals surface area contributed by atoms with Gasteiger partial charge in [0.2, 0.25) is 0 Å². The Morgan fingerprint density at radius 1 is 0.826 bits per heavy atom. The standard InChI is InChI=1S/C20H13N3/c21-13-14-6-4-9-16(12-14)20-22-18-11-5-10-17(19(18)23-20)15-7-2-1-3-8-15/h1-12H,(H,22,23). The lowest BCUT2D eigenvalue weighted by atomic mass is 10.0. The molecule has 0 saturated heterocycles. The van der Waals surface area contributed by atoms with Gasteiger partial charge >= 0.3 is 0 Å². The smallest absolute Gasteiger partial charge is 0.138 e. The number of fused-ring (bicyclic) bond motifs is 1. The lowest BCUT2D eigenvalue weighted by Gasteiger charge is -2.01. The summed E-state index contributed by atoms with van der Waals surface area (Å²) in [5.74, 6) is 0.778. The summed E-state index contributed by atoms with van der Waals surface area (Å²) in [7, 11) is 0. The zero-order valence-corrected chi connectivity index (χ0v) is 12.3. The maximum Gasteiger partial charge on any atom is 0.138 e. The predicted molar refractivity (Wildman–Crippen MR) is 91.7 cm³/mol. The van der Waals surface area contributed by atoms with Crippen LogP contribution in [0.2, 0.25) is 0 Å². The number of hydrogen-bond donors (Lipinski definition) is 1. The van der Waals surface area contributed by atoms with E-state index in [1.165, 1.54) is 0 Å². The van der Waals surface area contributed by atoms with E-state index in [0.717, 1.165) is 33.5 Å². The van der Waals surface area contributed by atoms with Gasteiger partial charge in [0.05, 0.1) is 22.7 Å². The summed E-state index contributed by atoms with van der Waals surface area (Å²) in [6.45, 7) is 0. The Morgan fingerprint density at radius 2 is 1.61 bits per heavy atom. The van der Waals surface area contributed by atoms with E-state index < -0.39 is 0 Å². The summed E-state index contributed by atoms with van der Waals surface area (Å²) in [6, 6.07) is 26.0. The average Bonchev–Trinajstić information content (AvgIpc) is 3.07. The fourth-order valence-electron chi connectivity index (χ4n) is 2.76. The van der Waals surface area contributed by atoms with Crippen LogP contribution in [0.25, 0.3) is 33.5 Å². The number of rotatable bonds is 2. The van der Waals surface area contributed by atoms with Crippen LogP contribution in [0, 0.1) is 11.3 Å². The van der Waals surface area contributed by atoms with E-state index in [1.807, 2.05) is 48.5 Å². The van der Waals surface area contributed by atoms with Gasteiger partial charge in [0, 0.05) is 11.1 Å². The maximum absolute atomic E-state index is 9.06. The number of imidazole rings is 1. The molecule has 0 atom stereocenters. The van der Waals surface area contributed by atoms with E-state index in [4.69, 9.17) is 10.2 Å². The van der Waals surface area contributed by atoms with Gasteiger partial charge in [-0.2, -0.15) is 5.26 Å². The van der Waals surface area contributed by atoms with Gasteiger partial charge in [-0.25, -0.2) is 4.98 Å². The van der Waals surface area contributed by atoms with Crippen molar-refractivity contribution in [2.45, 2.75) is 0 Å². The summed E-state index contributed by atoms with van der Waals surface area (Å²) < 4.78 is 0. The molecule has 0 radical (unpaired) electrons. The molecule has 108 valence electrons. The van der Waals surface area contributed by atoms with E-state index >= 15 is 0 Å². The highest BCUT2D eigenvalue weighted by Crippen LogP contribution is 2.29. The molecular weight excluding hydrogens is 282 g/mol. The third-order valence-corrected chi connectivity index (χ3v) is 3.86. The van der Waals surface area contributed by atoms with Crippen molar-refractivity contribution in [3.63, 3.8) is 0 Å². The van der Waals surface area contributed by atoms with Gasteiger partial charge in [0.25, 0.3) is 0 Å². The largest absolute Gasteiger partial charge is 0.338 e. The minimum atomic E-state index is 0.631. The number of nitrogens with one attached hydrogen (secondary N) is 1. The fourth-order valence-corrected chi connectivity index (χ4v) is 2.76. The molecule has 3 nitrogen and oxygen atoms in total. The molecule has 0 aliphatic carbocycles. The first-order chi connectivity index (χ1) is 11.3. The van der Waals surface area contributed by atoms with Gasteiger partial charge in [-0.15, -0.1) is 0 Å². The summed E-state index contributed by atoms with van der Waals surface area (Å²) >= 11 is 0. The van der Waals surface area contributed by atoms with Crippen LogP contribution >= 0.6 is 0 Å². The second-order valence-electron chi connectivity index (χ2n) is 5.35. The second-order valence-corrected chi connectivity index (χ2v) is 5.35. The van der Waals surface area contributed by atoms with Crippen LogP contribution in [0.5, 0.6) is 0 Å². The number of aromatic amines is 1. The molecule has 23 heavy (non-hydrogen) atoms. The van der Waals surface area contributed by atoms with Gasteiger partial charge in [-0.1, -0.05) is 54.6 Å². The monoisotopic (exact) mass is 295 g/mol. The number of aromatic nitrogens is 2. The summed E-state index contributed by atoms with van der Waals surface area (Å²) in [5.41, 5.74) is 5.72. The highest BCUT2D eigenvalue weighted by atomic mass is 14.9. The molecule has 0 saturated carbocycles. The Balaban J connectivity index is 1.90.